The number of amides is 2. The Labute approximate surface area is 156 Å². The van der Waals surface area contributed by atoms with Crippen molar-refractivity contribution in [3.63, 3.8) is 0 Å². The van der Waals surface area contributed by atoms with Crippen molar-refractivity contribution >= 4 is 12.0 Å². The van der Waals surface area contributed by atoms with Crippen LogP contribution in [0.3, 0.4) is 0 Å². The van der Waals surface area contributed by atoms with Crippen LogP contribution in [0.5, 0.6) is 0 Å². The summed E-state index contributed by atoms with van der Waals surface area (Å²) in [6.45, 7) is 1.64. The zero-order chi connectivity index (χ0) is 18.9. The highest BCUT2D eigenvalue weighted by atomic mass is 16.6. The maximum absolute atomic E-state index is 12.8. The summed E-state index contributed by atoms with van der Waals surface area (Å²) in [7, 11) is 0. The molecular formula is C20H18N4O3. The van der Waals surface area contributed by atoms with E-state index in [1.54, 1.807) is 29.3 Å². The molecule has 1 aromatic heterocycles. The van der Waals surface area contributed by atoms with Gasteiger partial charge in [-0.05, 0) is 29.8 Å². The number of nitrogens with zero attached hydrogens (tertiary/aromatic N) is 3. The highest BCUT2D eigenvalue weighted by Gasteiger charge is 2.43. The predicted molar refractivity (Wildman–Crippen MR) is 96.7 cm³/mol. The molecule has 0 atom stereocenters. The standard InChI is InChI=1S/C20H18N4O3/c21-11-17-6-5-16(12-22-17)14-1-3-15(4-2-14)18(25)24-9-7-20(8-10-24)13-23-19(26)27-20/h1-6,12H,7-10,13H2,(H,23,26). The van der Waals surface area contributed by atoms with E-state index in [4.69, 9.17) is 10.00 Å². The lowest BCUT2D eigenvalue weighted by atomic mass is 9.91. The van der Waals surface area contributed by atoms with E-state index in [0.717, 1.165) is 11.1 Å². The fraction of sp³-hybridized carbons (Fsp3) is 0.300. The van der Waals surface area contributed by atoms with Crippen LogP contribution >= 0.6 is 0 Å². The van der Waals surface area contributed by atoms with Crippen LogP contribution in [-0.4, -0.2) is 47.1 Å². The van der Waals surface area contributed by atoms with Crippen molar-refractivity contribution < 1.29 is 14.3 Å². The zero-order valence-electron chi connectivity index (χ0n) is 14.6. The fourth-order valence-corrected chi connectivity index (χ4v) is 3.52. The first kappa shape index (κ1) is 17.0. The SMILES string of the molecule is N#Cc1ccc(-c2ccc(C(=O)N3CCC4(CC3)CNC(=O)O4)cc2)cn1. The summed E-state index contributed by atoms with van der Waals surface area (Å²) in [5.41, 5.74) is 2.36. The summed E-state index contributed by atoms with van der Waals surface area (Å²) >= 11 is 0. The molecule has 7 nitrogen and oxygen atoms in total. The van der Waals surface area contributed by atoms with E-state index in [-0.39, 0.29) is 12.0 Å². The van der Waals surface area contributed by atoms with Crippen molar-refractivity contribution in [3.8, 4) is 17.2 Å². The van der Waals surface area contributed by atoms with Gasteiger partial charge >= 0.3 is 6.09 Å². The molecule has 3 heterocycles. The number of likely N-dealkylation sites (tertiary alicyclic amines) is 1. The molecule has 2 aliphatic rings. The third-order valence-electron chi connectivity index (χ3n) is 5.17. The Morgan fingerprint density at radius 3 is 2.41 bits per heavy atom. The Morgan fingerprint density at radius 1 is 1.15 bits per heavy atom. The molecule has 1 spiro atoms. The van der Waals surface area contributed by atoms with Crippen LogP contribution < -0.4 is 5.32 Å². The average molecular weight is 362 g/mol. The summed E-state index contributed by atoms with van der Waals surface area (Å²) < 4.78 is 5.39. The quantitative estimate of drug-likeness (QED) is 0.885. The third kappa shape index (κ3) is 3.34. The minimum atomic E-state index is -0.458. The Kier molecular flexibility index (Phi) is 4.24. The molecule has 0 radical (unpaired) electrons. The molecule has 0 saturated carbocycles. The van der Waals surface area contributed by atoms with Gasteiger partial charge in [-0.15, -0.1) is 0 Å². The molecule has 27 heavy (non-hydrogen) atoms. The zero-order valence-corrected chi connectivity index (χ0v) is 14.6. The van der Waals surface area contributed by atoms with Gasteiger partial charge in [-0.2, -0.15) is 5.26 Å². The lowest BCUT2D eigenvalue weighted by Crippen LogP contribution is -2.48. The van der Waals surface area contributed by atoms with E-state index in [9.17, 15) is 9.59 Å². The van der Waals surface area contributed by atoms with Crippen LogP contribution in [0, 0.1) is 11.3 Å². The minimum absolute atomic E-state index is 0.0216. The van der Waals surface area contributed by atoms with E-state index in [1.807, 2.05) is 24.3 Å². The highest BCUT2D eigenvalue weighted by Crippen LogP contribution is 2.30. The molecule has 4 rings (SSSR count). The number of pyridine rings is 1. The molecule has 2 aromatic rings. The molecule has 7 heteroatoms. The molecule has 2 amide bonds. The van der Waals surface area contributed by atoms with Gasteiger partial charge in [-0.3, -0.25) is 4.79 Å². The smallest absolute Gasteiger partial charge is 0.407 e. The first-order valence-electron chi connectivity index (χ1n) is 8.81. The largest absolute Gasteiger partial charge is 0.441 e. The Bertz CT molecular complexity index is 908. The number of alkyl carbamates (subject to hydrolysis) is 1. The molecule has 0 unspecified atom stereocenters. The van der Waals surface area contributed by atoms with E-state index >= 15 is 0 Å². The molecule has 2 aliphatic heterocycles. The number of aromatic nitrogens is 1. The molecule has 2 fully saturated rings. The Hall–Kier alpha value is -3.40. The number of hydrogen-bond acceptors (Lipinski definition) is 5. The number of piperidine rings is 1. The number of carbonyl (C=O) groups is 2. The van der Waals surface area contributed by atoms with Gasteiger partial charge in [0, 0.05) is 43.3 Å². The Balaban J connectivity index is 1.42. The second-order valence-corrected chi connectivity index (χ2v) is 6.84. The van der Waals surface area contributed by atoms with Crippen LogP contribution in [0.4, 0.5) is 4.79 Å². The van der Waals surface area contributed by atoms with Gasteiger partial charge in [0.1, 0.15) is 17.4 Å². The normalized spacial score (nSPS) is 17.9. The predicted octanol–water partition coefficient (Wildman–Crippen LogP) is 2.33. The van der Waals surface area contributed by atoms with E-state index in [2.05, 4.69) is 10.3 Å². The molecule has 0 aliphatic carbocycles. The van der Waals surface area contributed by atoms with E-state index < -0.39 is 5.60 Å². The van der Waals surface area contributed by atoms with Crippen LogP contribution in [0.2, 0.25) is 0 Å². The second kappa shape index (κ2) is 6.72. The average Bonchev–Trinajstić information content (AvgIpc) is 3.08. The lowest BCUT2D eigenvalue weighted by Gasteiger charge is -2.37. The summed E-state index contributed by atoms with van der Waals surface area (Å²) in [6, 6.07) is 12.9. The Morgan fingerprint density at radius 2 is 1.85 bits per heavy atom. The minimum Gasteiger partial charge on any atom is -0.441 e. The van der Waals surface area contributed by atoms with Crippen molar-refractivity contribution in [1.29, 1.82) is 5.26 Å². The lowest BCUT2D eigenvalue weighted by molar-refractivity contribution is 0.00331. The van der Waals surface area contributed by atoms with Crippen molar-refractivity contribution in [1.82, 2.24) is 15.2 Å². The van der Waals surface area contributed by atoms with Crippen molar-refractivity contribution in [3.05, 3.63) is 53.9 Å². The van der Waals surface area contributed by atoms with Gasteiger partial charge in [0.05, 0.1) is 6.54 Å². The van der Waals surface area contributed by atoms with Gasteiger partial charge in [0.15, 0.2) is 0 Å². The summed E-state index contributed by atoms with van der Waals surface area (Å²) in [6.07, 6.45) is 2.57. The van der Waals surface area contributed by atoms with Gasteiger partial charge in [-0.25, -0.2) is 9.78 Å². The van der Waals surface area contributed by atoms with Crippen LogP contribution in [-0.2, 0) is 4.74 Å². The third-order valence-corrected chi connectivity index (χ3v) is 5.17. The summed E-state index contributed by atoms with van der Waals surface area (Å²) in [5, 5.41) is 11.5. The van der Waals surface area contributed by atoms with Crippen molar-refractivity contribution in [2.75, 3.05) is 19.6 Å². The van der Waals surface area contributed by atoms with Crippen LogP contribution in [0.1, 0.15) is 28.9 Å². The van der Waals surface area contributed by atoms with Crippen LogP contribution in [0.25, 0.3) is 11.1 Å². The molecule has 1 N–H and O–H groups in total. The molecular weight excluding hydrogens is 344 g/mol. The van der Waals surface area contributed by atoms with Gasteiger partial charge in [0.2, 0.25) is 0 Å². The number of nitriles is 1. The molecule has 136 valence electrons. The number of rotatable bonds is 2. The first-order chi connectivity index (χ1) is 13.1. The van der Waals surface area contributed by atoms with Gasteiger partial charge in [0.25, 0.3) is 5.91 Å². The number of ether oxygens (including phenoxy) is 1. The molecule has 1 aromatic carbocycles. The summed E-state index contributed by atoms with van der Waals surface area (Å²) in [5.74, 6) is -0.0216. The second-order valence-electron chi connectivity index (χ2n) is 6.84. The monoisotopic (exact) mass is 362 g/mol. The maximum Gasteiger partial charge on any atom is 0.407 e. The first-order valence-corrected chi connectivity index (χ1v) is 8.81. The highest BCUT2D eigenvalue weighted by molar-refractivity contribution is 5.94. The van der Waals surface area contributed by atoms with E-state index in [0.29, 0.717) is 43.7 Å². The fourth-order valence-electron chi connectivity index (χ4n) is 3.52. The number of hydrogen-bond donors (Lipinski definition) is 1. The van der Waals surface area contributed by atoms with Crippen molar-refractivity contribution in [2.45, 2.75) is 18.4 Å². The maximum atomic E-state index is 12.8. The molecule has 2 saturated heterocycles. The number of carbonyl (C=O) groups excluding carboxylic acids is 2. The van der Waals surface area contributed by atoms with Crippen LogP contribution in [0.15, 0.2) is 42.6 Å². The van der Waals surface area contributed by atoms with Gasteiger partial charge in [-0.1, -0.05) is 12.1 Å². The molecule has 0 bridgehead atoms. The topological polar surface area (TPSA) is 95.3 Å². The van der Waals surface area contributed by atoms with Crippen molar-refractivity contribution in [2.24, 2.45) is 0 Å². The van der Waals surface area contributed by atoms with E-state index in [1.165, 1.54) is 0 Å². The number of benzene rings is 1. The van der Waals surface area contributed by atoms with Gasteiger partial charge < -0.3 is 15.0 Å². The number of nitrogens with one attached hydrogen (secondary N) is 1. The summed E-state index contributed by atoms with van der Waals surface area (Å²) in [4.78, 5) is 29.9.